The first-order valence-corrected chi connectivity index (χ1v) is 20.6. The van der Waals surface area contributed by atoms with Gasteiger partial charge in [-0.25, -0.2) is 0 Å². The summed E-state index contributed by atoms with van der Waals surface area (Å²) < 4.78 is 0. The lowest BCUT2D eigenvalue weighted by Crippen LogP contribution is -2.63. The molecule has 0 N–H and O–H groups in total. The third-order valence-corrected chi connectivity index (χ3v) is 14.5. The fourth-order valence-electron chi connectivity index (χ4n) is 10.6. The van der Waals surface area contributed by atoms with E-state index < -0.39 is 0 Å². The Morgan fingerprint density at radius 2 is 1.08 bits per heavy atom. The second-order valence-electron chi connectivity index (χ2n) is 22.2. The van der Waals surface area contributed by atoms with Crippen LogP contribution >= 0.6 is 0 Å². The normalized spacial score (nSPS) is 23.3. The summed E-state index contributed by atoms with van der Waals surface area (Å²) in [6.07, 6.45) is 2.61. The molecule has 4 unspecified atom stereocenters. The van der Waals surface area contributed by atoms with Gasteiger partial charge in [0.25, 0.3) is 6.71 Å². The van der Waals surface area contributed by atoms with Crippen molar-refractivity contribution in [2.45, 2.75) is 144 Å². The molecule has 4 aromatic carbocycles. The molecule has 2 aliphatic heterocycles. The molecule has 0 radical (unpaired) electrons. The van der Waals surface area contributed by atoms with Crippen LogP contribution in [0.5, 0.6) is 0 Å². The highest BCUT2D eigenvalue weighted by atomic mass is 15.2. The first-order chi connectivity index (χ1) is 24.5. The summed E-state index contributed by atoms with van der Waals surface area (Å²) in [4.78, 5) is 5.53. The number of hydrogen-bond acceptors (Lipinski definition) is 2. The van der Waals surface area contributed by atoms with Crippen LogP contribution in [0.2, 0.25) is 0 Å². The maximum Gasteiger partial charge on any atom is 0.252 e. The van der Waals surface area contributed by atoms with Crippen LogP contribution in [-0.4, -0.2) is 12.8 Å². The molecular formula is C50H65BN2. The van der Waals surface area contributed by atoms with Gasteiger partial charge in [0.05, 0.1) is 0 Å². The Bertz CT molecular complexity index is 2090. The molecule has 2 bridgehead atoms. The van der Waals surface area contributed by atoms with Crippen LogP contribution in [-0.2, 0) is 21.7 Å². The second-order valence-corrected chi connectivity index (χ2v) is 22.2. The topological polar surface area (TPSA) is 6.48 Å². The van der Waals surface area contributed by atoms with E-state index in [9.17, 15) is 0 Å². The Hall–Kier alpha value is -3.46. The number of benzene rings is 4. The Morgan fingerprint density at radius 3 is 1.64 bits per heavy atom. The van der Waals surface area contributed by atoms with Gasteiger partial charge in [-0.3, -0.25) is 0 Å². The summed E-state index contributed by atoms with van der Waals surface area (Å²) in [6.45, 7) is 36.2. The standard InChI is InChI=1S/C50H65BN2/c1-30-37-24-35(50(30,14)15)29-41(37)53-42-26-33(48(8,9)10)18-22-38(42)51-39-25-32(47(5,6)7)19-23-40(39)52(36-20-16-31(17-21-36)46(2,3)4)43-27-34(49(11,12)13)28-44(53)45(43)51/h16-23,25-28,30,35,37,41H,24,29H2,1-15H3. The zero-order valence-electron chi connectivity index (χ0n) is 35.6. The van der Waals surface area contributed by atoms with E-state index in [0.29, 0.717) is 23.3 Å². The maximum atomic E-state index is 2.91. The molecule has 3 heteroatoms. The number of fused-ring (bicyclic) bond motifs is 6. The van der Waals surface area contributed by atoms with Crippen molar-refractivity contribution >= 4 is 51.5 Å². The number of rotatable bonds is 2. The van der Waals surface area contributed by atoms with Gasteiger partial charge in [-0.15, -0.1) is 0 Å². The molecule has 2 heterocycles. The van der Waals surface area contributed by atoms with Gasteiger partial charge in [-0.2, -0.15) is 0 Å². The highest BCUT2D eigenvalue weighted by molar-refractivity contribution is 7.00. The molecule has 2 fully saturated rings. The highest BCUT2D eigenvalue weighted by Gasteiger charge is 2.58. The van der Waals surface area contributed by atoms with E-state index in [1.807, 2.05) is 0 Å². The predicted octanol–water partition coefficient (Wildman–Crippen LogP) is 11.7. The van der Waals surface area contributed by atoms with Gasteiger partial charge in [-0.05, 0) is 133 Å². The van der Waals surface area contributed by atoms with Gasteiger partial charge in [0, 0.05) is 34.5 Å². The largest absolute Gasteiger partial charge is 0.339 e. The Kier molecular flexibility index (Phi) is 7.95. The van der Waals surface area contributed by atoms with Crippen molar-refractivity contribution in [3.63, 3.8) is 0 Å². The number of nitrogens with zero attached hydrogens (tertiary/aromatic N) is 2. The molecule has 278 valence electrons. The van der Waals surface area contributed by atoms with Crippen molar-refractivity contribution in [2.24, 2.45) is 23.2 Å². The molecule has 0 spiro atoms. The Morgan fingerprint density at radius 1 is 0.547 bits per heavy atom. The van der Waals surface area contributed by atoms with Crippen LogP contribution in [0.15, 0.2) is 72.8 Å². The van der Waals surface area contributed by atoms with Crippen molar-refractivity contribution in [1.82, 2.24) is 0 Å². The summed E-state index contributed by atoms with van der Waals surface area (Å²) >= 11 is 0. The van der Waals surface area contributed by atoms with Crippen LogP contribution in [0.25, 0.3) is 0 Å². The van der Waals surface area contributed by atoms with Crippen molar-refractivity contribution in [1.29, 1.82) is 0 Å². The van der Waals surface area contributed by atoms with Crippen molar-refractivity contribution in [2.75, 3.05) is 9.80 Å². The second kappa shape index (κ2) is 11.5. The first kappa shape index (κ1) is 36.5. The minimum absolute atomic E-state index is 0.0116. The van der Waals surface area contributed by atoms with E-state index >= 15 is 0 Å². The molecular weight excluding hydrogens is 639 g/mol. The maximum absolute atomic E-state index is 2.91. The summed E-state index contributed by atoms with van der Waals surface area (Å²) in [5.41, 5.74) is 17.4. The Labute approximate surface area is 322 Å². The molecule has 2 aliphatic carbocycles. The molecule has 4 atom stereocenters. The SMILES string of the molecule is CC1C2CC(CC2N2c3cc(C(C)(C)C)ccc3B3c4cc(C(C)(C)C)ccc4N(c4ccc(C(C)(C)C)cc4)c4cc(C(C)(C)C)cc2c43)C1(C)C. The van der Waals surface area contributed by atoms with E-state index in [4.69, 9.17) is 0 Å². The highest BCUT2D eigenvalue weighted by Crippen LogP contribution is 2.62. The fourth-order valence-corrected chi connectivity index (χ4v) is 10.6. The molecule has 0 aromatic heterocycles. The minimum Gasteiger partial charge on any atom is -0.339 e. The summed E-state index contributed by atoms with van der Waals surface area (Å²) in [6, 6.07) is 30.1. The molecule has 53 heavy (non-hydrogen) atoms. The molecule has 4 aromatic rings. The predicted molar refractivity (Wildman–Crippen MR) is 232 cm³/mol. The summed E-state index contributed by atoms with van der Waals surface area (Å²) in [5.74, 6) is 2.12. The van der Waals surface area contributed by atoms with Gasteiger partial charge >= 0.3 is 0 Å². The molecule has 0 saturated heterocycles. The molecule has 2 nitrogen and oxygen atoms in total. The lowest BCUT2D eigenvalue weighted by molar-refractivity contribution is 0.123. The quantitative estimate of drug-likeness (QED) is 0.169. The lowest BCUT2D eigenvalue weighted by atomic mass is 9.33. The fraction of sp³-hybridized carbons (Fsp3) is 0.520. The summed E-state index contributed by atoms with van der Waals surface area (Å²) in [5, 5.41) is 0. The van der Waals surface area contributed by atoms with Crippen LogP contribution in [0, 0.1) is 23.2 Å². The smallest absolute Gasteiger partial charge is 0.252 e. The lowest BCUT2D eigenvalue weighted by Gasteiger charge is -2.50. The third kappa shape index (κ3) is 5.64. The molecule has 4 aliphatic rings. The number of anilines is 5. The van der Waals surface area contributed by atoms with Gasteiger partial charge in [-0.1, -0.05) is 140 Å². The zero-order valence-corrected chi connectivity index (χ0v) is 35.6. The van der Waals surface area contributed by atoms with E-state index in [-0.39, 0.29) is 28.4 Å². The minimum atomic E-state index is -0.0116. The monoisotopic (exact) mass is 705 g/mol. The van der Waals surface area contributed by atoms with E-state index in [2.05, 4.69) is 186 Å². The van der Waals surface area contributed by atoms with Crippen molar-refractivity contribution in [3.05, 3.63) is 95.1 Å². The van der Waals surface area contributed by atoms with E-state index in [1.54, 1.807) is 0 Å². The average Bonchev–Trinajstić information content (AvgIpc) is 3.59. The molecule has 0 amide bonds. The third-order valence-electron chi connectivity index (χ3n) is 14.5. The van der Waals surface area contributed by atoms with Gasteiger partial charge in [0.15, 0.2) is 0 Å². The van der Waals surface area contributed by atoms with Crippen LogP contribution < -0.4 is 26.2 Å². The van der Waals surface area contributed by atoms with E-state index in [1.165, 1.54) is 79.9 Å². The summed E-state index contributed by atoms with van der Waals surface area (Å²) in [7, 11) is 0. The average molecular weight is 705 g/mol. The van der Waals surface area contributed by atoms with Gasteiger partial charge in [0.1, 0.15) is 0 Å². The van der Waals surface area contributed by atoms with Crippen LogP contribution in [0.1, 0.15) is 139 Å². The van der Waals surface area contributed by atoms with Gasteiger partial charge < -0.3 is 9.80 Å². The van der Waals surface area contributed by atoms with Crippen molar-refractivity contribution < 1.29 is 0 Å². The Balaban J connectivity index is 1.46. The van der Waals surface area contributed by atoms with Crippen LogP contribution in [0.4, 0.5) is 28.4 Å². The molecule has 8 rings (SSSR count). The number of hydrogen-bond donors (Lipinski definition) is 0. The van der Waals surface area contributed by atoms with E-state index in [0.717, 1.165) is 5.92 Å². The van der Waals surface area contributed by atoms with Crippen LogP contribution in [0.3, 0.4) is 0 Å². The van der Waals surface area contributed by atoms with Gasteiger partial charge in [0.2, 0.25) is 0 Å². The van der Waals surface area contributed by atoms with Crippen molar-refractivity contribution in [3.8, 4) is 0 Å². The zero-order chi connectivity index (χ0) is 38.4. The first-order valence-electron chi connectivity index (χ1n) is 20.6. The molecule has 2 saturated carbocycles.